The molecular weight excluding hydrogens is 346 g/mol. The van der Waals surface area contributed by atoms with Gasteiger partial charge in [-0.1, -0.05) is 47.0 Å². The average molecular weight is 386 g/mol. The van der Waals surface area contributed by atoms with Crippen LogP contribution in [-0.4, -0.2) is 50.8 Å². The van der Waals surface area contributed by atoms with E-state index in [9.17, 15) is 9.59 Å². The highest BCUT2D eigenvalue weighted by Gasteiger charge is 2.47. The van der Waals surface area contributed by atoms with Crippen molar-refractivity contribution in [3.05, 3.63) is 0 Å². The summed E-state index contributed by atoms with van der Waals surface area (Å²) in [4.78, 5) is 27.1. The van der Waals surface area contributed by atoms with Crippen LogP contribution in [0.2, 0.25) is 5.04 Å². The molecule has 1 fully saturated rings. The first kappa shape index (κ1) is 23.2. The first-order valence-electron chi connectivity index (χ1n) is 10.1. The lowest BCUT2D eigenvalue weighted by molar-refractivity contribution is -0.157. The summed E-state index contributed by atoms with van der Waals surface area (Å²) in [6.45, 7) is 15.0. The molecule has 0 aromatic rings. The first-order valence-corrected chi connectivity index (χ1v) is 11.4. The topological polar surface area (TPSA) is 55.8 Å². The third kappa shape index (κ3) is 6.69. The Balaban J connectivity index is 2.99. The molecule has 1 aliphatic heterocycles. The fraction of sp³-hybridized carbons (Fsp3) is 0.900. The van der Waals surface area contributed by atoms with Gasteiger partial charge in [-0.15, -0.1) is 0 Å². The van der Waals surface area contributed by atoms with Crippen molar-refractivity contribution in [2.75, 3.05) is 6.61 Å². The summed E-state index contributed by atoms with van der Waals surface area (Å²) in [7, 11) is -0.755. The fourth-order valence-corrected chi connectivity index (χ4v) is 4.47. The van der Waals surface area contributed by atoms with Crippen LogP contribution in [0.5, 0.6) is 0 Å². The van der Waals surface area contributed by atoms with Gasteiger partial charge in [-0.05, 0) is 38.7 Å². The van der Waals surface area contributed by atoms with Gasteiger partial charge in [0.2, 0.25) is 5.91 Å². The van der Waals surface area contributed by atoms with E-state index in [1.165, 1.54) is 0 Å². The maximum absolute atomic E-state index is 12.7. The largest absolute Gasteiger partial charge is 0.464 e. The molecule has 0 aromatic heterocycles. The number of esters is 1. The minimum atomic E-state index is -0.755. The van der Waals surface area contributed by atoms with E-state index in [0.717, 1.165) is 25.7 Å². The van der Waals surface area contributed by atoms with E-state index >= 15 is 0 Å². The standard InChI is InChI=1S/C20H39NO4Si/c1-8-10-11-12-15(18(23)24-9-2)21-16(13-14-17(21)22)20(6,7)25-26-19(3,4)5/h15-16H,8-14,26H2,1-7H3. The van der Waals surface area contributed by atoms with Crippen LogP contribution < -0.4 is 0 Å². The van der Waals surface area contributed by atoms with E-state index in [4.69, 9.17) is 9.16 Å². The van der Waals surface area contributed by atoms with Crippen LogP contribution >= 0.6 is 0 Å². The van der Waals surface area contributed by atoms with Gasteiger partial charge in [0.25, 0.3) is 0 Å². The molecule has 0 saturated carbocycles. The summed E-state index contributed by atoms with van der Waals surface area (Å²) < 4.78 is 11.7. The SMILES string of the molecule is CCCCCC(C(=O)OCC)N1C(=O)CCC1C(C)(C)O[SiH2]C(C)(C)C. The van der Waals surface area contributed by atoms with Crippen LogP contribution in [0.1, 0.15) is 87.0 Å². The first-order chi connectivity index (χ1) is 12.0. The molecule has 0 spiro atoms. The molecule has 1 rings (SSSR count). The lowest BCUT2D eigenvalue weighted by Crippen LogP contribution is -2.55. The van der Waals surface area contributed by atoms with Crippen LogP contribution in [0.4, 0.5) is 0 Å². The molecule has 0 aliphatic carbocycles. The van der Waals surface area contributed by atoms with E-state index in [1.54, 1.807) is 4.90 Å². The summed E-state index contributed by atoms with van der Waals surface area (Å²) in [6, 6.07) is -0.554. The number of unbranched alkanes of at least 4 members (excludes halogenated alkanes) is 2. The minimum absolute atomic E-state index is 0.0543. The molecular formula is C20H39NO4Si. The third-order valence-corrected chi connectivity index (χ3v) is 6.67. The van der Waals surface area contributed by atoms with E-state index < -0.39 is 21.4 Å². The summed E-state index contributed by atoms with van der Waals surface area (Å²) in [5, 5.41) is 0.187. The van der Waals surface area contributed by atoms with Crippen LogP contribution in [0.3, 0.4) is 0 Å². The Kier molecular flexibility index (Phi) is 8.80. The Morgan fingerprint density at radius 2 is 1.88 bits per heavy atom. The Morgan fingerprint density at radius 1 is 1.23 bits per heavy atom. The fourth-order valence-electron chi connectivity index (χ4n) is 3.47. The minimum Gasteiger partial charge on any atom is -0.464 e. The molecule has 26 heavy (non-hydrogen) atoms. The van der Waals surface area contributed by atoms with E-state index in [1.807, 2.05) is 6.92 Å². The molecule has 0 bridgehead atoms. The van der Waals surface area contributed by atoms with Gasteiger partial charge in [0.15, 0.2) is 9.76 Å². The quantitative estimate of drug-likeness (QED) is 0.328. The Morgan fingerprint density at radius 3 is 2.42 bits per heavy atom. The third-order valence-electron chi connectivity index (χ3n) is 4.91. The van der Waals surface area contributed by atoms with Crippen LogP contribution in [0.25, 0.3) is 0 Å². The van der Waals surface area contributed by atoms with Crippen molar-refractivity contribution < 1.29 is 18.8 Å². The number of ether oxygens (including phenoxy) is 1. The van der Waals surface area contributed by atoms with Crippen molar-refractivity contribution in [3.8, 4) is 0 Å². The Labute approximate surface area is 162 Å². The number of nitrogens with zero attached hydrogens (tertiary/aromatic N) is 1. The molecule has 1 saturated heterocycles. The number of carbonyl (C=O) groups is 2. The molecule has 0 radical (unpaired) electrons. The summed E-state index contributed by atoms with van der Waals surface area (Å²) >= 11 is 0. The number of hydrogen-bond acceptors (Lipinski definition) is 4. The molecule has 1 aliphatic rings. The number of amides is 1. The van der Waals surface area contributed by atoms with Gasteiger partial charge in [0.1, 0.15) is 6.04 Å². The van der Waals surface area contributed by atoms with Crippen molar-refractivity contribution >= 4 is 21.6 Å². The molecule has 2 unspecified atom stereocenters. The number of carbonyl (C=O) groups excluding carboxylic acids is 2. The second-order valence-corrected chi connectivity index (χ2v) is 11.8. The van der Waals surface area contributed by atoms with Crippen LogP contribution in [0, 0.1) is 0 Å². The summed E-state index contributed by atoms with van der Waals surface area (Å²) in [5.74, 6) is -0.216. The normalized spacial score (nSPS) is 20.2. The van der Waals surface area contributed by atoms with Crippen molar-refractivity contribution in [2.45, 2.75) is 110 Å². The monoisotopic (exact) mass is 385 g/mol. The highest BCUT2D eigenvalue weighted by atomic mass is 28.2. The summed E-state index contributed by atoms with van der Waals surface area (Å²) in [6.07, 6.45) is 4.96. The van der Waals surface area contributed by atoms with Crippen molar-refractivity contribution in [2.24, 2.45) is 0 Å². The maximum atomic E-state index is 12.7. The molecule has 0 N–H and O–H groups in total. The zero-order valence-electron chi connectivity index (χ0n) is 17.9. The van der Waals surface area contributed by atoms with Crippen molar-refractivity contribution in [1.29, 1.82) is 0 Å². The predicted octanol–water partition coefficient (Wildman–Crippen LogP) is 3.59. The maximum Gasteiger partial charge on any atom is 0.328 e. The predicted molar refractivity (Wildman–Crippen MR) is 108 cm³/mol. The molecule has 0 aromatic carbocycles. The van der Waals surface area contributed by atoms with Crippen LogP contribution in [0.15, 0.2) is 0 Å². The van der Waals surface area contributed by atoms with Gasteiger partial charge in [0, 0.05) is 6.42 Å². The molecule has 1 heterocycles. The molecule has 1 amide bonds. The molecule has 152 valence electrons. The van der Waals surface area contributed by atoms with E-state index in [0.29, 0.717) is 19.4 Å². The van der Waals surface area contributed by atoms with Gasteiger partial charge in [-0.3, -0.25) is 4.79 Å². The number of likely N-dealkylation sites (tertiary alicyclic amines) is 1. The summed E-state index contributed by atoms with van der Waals surface area (Å²) in [5.41, 5.74) is -0.443. The average Bonchev–Trinajstić information content (AvgIpc) is 2.92. The van der Waals surface area contributed by atoms with Gasteiger partial charge < -0.3 is 14.1 Å². The van der Waals surface area contributed by atoms with Gasteiger partial charge in [0.05, 0.1) is 18.2 Å². The lowest BCUT2D eigenvalue weighted by Gasteiger charge is -2.42. The second-order valence-electron chi connectivity index (χ2n) is 9.07. The van der Waals surface area contributed by atoms with Crippen molar-refractivity contribution in [1.82, 2.24) is 4.90 Å². The molecule has 2 atom stereocenters. The zero-order valence-corrected chi connectivity index (χ0v) is 19.3. The highest BCUT2D eigenvalue weighted by molar-refractivity contribution is 6.31. The van der Waals surface area contributed by atoms with Crippen LogP contribution in [-0.2, 0) is 18.8 Å². The van der Waals surface area contributed by atoms with E-state index in [-0.39, 0.29) is 23.0 Å². The van der Waals surface area contributed by atoms with Gasteiger partial charge >= 0.3 is 5.97 Å². The van der Waals surface area contributed by atoms with E-state index in [2.05, 4.69) is 41.5 Å². The van der Waals surface area contributed by atoms with Gasteiger partial charge in [-0.2, -0.15) is 0 Å². The number of rotatable bonds is 10. The Bertz CT molecular complexity index is 473. The molecule has 6 heteroatoms. The smallest absolute Gasteiger partial charge is 0.328 e. The Hall–Kier alpha value is -0.883. The van der Waals surface area contributed by atoms with Crippen molar-refractivity contribution in [3.63, 3.8) is 0 Å². The molecule has 5 nitrogen and oxygen atoms in total. The zero-order chi connectivity index (χ0) is 20.0. The number of hydrogen-bond donors (Lipinski definition) is 0. The second kappa shape index (κ2) is 9.88. The highest BCUT2D eigenvalue weighted by Crippen LogP contribution is 2.35. The van der Waals surface area contributed by atoms with Gasteiger partial charge in [-0.25, -0.2) is 4.79 Å². The lowest BCUT2D eigenvalue weighted by atomic mass is 9.94.